The van der Waals surface area contributed by atoms with Crippen LogP contribution in [0.5, 0.6) is 5.75 Å². The van der Waals surface area contributed by atoms with Crippen LogP contribution in [0.1, 0.15) is 5.48 Å². The van der Waals surface area contributed by atoms with Crippen molar-refractivity contribution in [2.75, 3.05) is 0 Å². The molecule has 0 bridgehead atoms. The second-order valence-corrected chi connectivity index (χ2v) is 2.39. The summed E-state index contributed by atoms with van der Waals surface area (Å²) >= 11 is 5.23. The third-order valence-corrected chi connectivity index (χ3v) is 1.14. The van der Waals surface area contributed by atoms with Gasteiger partial charge in [0.2, 0.25) is 0 Å². The van der Waals surface area contributed by atoms with Crippen LogP contribution in [-0.4, -0.2) is 5.97 Å². The van der Waals surface area contributed by atoms with E-state index >= 15 is 0 Å². The monoisotopic (exact) mass is 204 g/mol. The lowest BCUT2D eigenvalue weighted by atomic mass is 10.3. The largest absolute Gasteiger partial charge is 0.422 e. The lowest BCUT2D eigenvalue weighted by molar-refractivity contribution is -0.129. The van der Waals surface area contributed by atoms with Gasteiger partial charge in [0.1, 0.15) is 16.6 Å². The predicted molar refractivity (Wildman–Crippen MR) is 47.0 cm³/mol. The van der Waals surface area contributed by atoms with Crippen LogP contribution in [0.25, 0.3) is 0 Å². The molecule has 0 saturated carbocycles. The Morgan fingerprint density at radius 2 is 2.08 bits per heavy atom. The summed E-state index contributed by atoms with van der Waals surface area (Å²) in [5.74, 6) is -3.13. The topological polar surface area (TPSA) is 26.3 Å². The van der Waals surface area contributed by atoms with Crippen molar-refractivity contribution < 1.29 is 19.4 Å². The minimum Gasteiger partial charge on any atom is -0.422 e. The molecule has 0 aliphatic heterocycles. The molecule has 0 heterocycles. The minimum absolute atomic E-state index is 0.494. The first kappa shape index (κ1) is 5.40. The fourth-order valence-electron chi connectivity index (χ4n) is 0.485. The van der Waals surface area contributed by atoms with Gasteiger partial charge in [-0.1, -0.05) is 18.2 Å². The molecular weight excluding hydrogens is 195 g/mol. The summed E-state index contributed by atoms with van der Waals surface area (Å²) in [6.45, 7) is 3.07. The maximum absolute atomic E-state index is 13.1. The first-order valence-corrected chi connectivity index (χ1v) is 3.47. The normalized spacial score (nSPS) is 13.7. The Morgan fingerprint density at radius 1 is 1.54 bits per heavy atom. The number of ether oxygens (including phenoxy) is 1. The van der Waals surface area contributed by atoms with Crippen LogP contribution in [-0.2, 0) is 4.79 Å². The van der Waals surface area contributed by atoms with E-state index in [9.17, 15) is 9.18 Å². The average molecular weight is 205 g/mol. The summed E-state index contributed by atoms with van der Waals surface area (Å²) in [4.78, 5) is 11.1. The predicted octanol–water partition coefficient (Wildman–Crippen LogP) is 2.48. The van der Waals surface area contributed by atoms with E-state index in [4.69, 9.17) is 17.1 Å². The van der Waals surface area contributed by atoms with E-state index in [1.165, 1.54) is 0 Å². The van der Waals surface area contributed by atoms with Crippen LogP contribution in [0.15, 0.2) is 35.8 Å². The number of carbonyl (C=O) groups excluding carboxylic acids is 1. The number of halogens is 2. The zero-order valence-corrected chi connectivity index (χ0v) is 7.04. The molecule has 0 N–H and O–H groups in total. The van der Waals surface area contributed by atoms with E-state index in [-0.39, 0.29) is 0 Å². The summed E-state index contributed by atoms with van der Waals surface area (Å²) in [5.41, 5.74) is 0. The standard InChI is InChI=1S/C9H6ClFO2/c1-6(10)9(12)13-8-4-2-7(11)3-5-8/h2-5H,1H2/i2D,3D,4D,5D. The highest BCUT2D eigenvalue weighted by molar-refractivity contribution is 6.41. The molecule has 2 nitrogen and oxygen atoms in total. The van der Waals surface area contributed by atoms with Crippen LogP contribution in [0.2, 0.25) is 0 Å². The van der Waals surface area contributed by atoms with Crippen molar-refractivity contribution in [1.29, 1.82) is 0 Å². The van der Waals surface area contributed by atoms with Crippen molar-refractivity contribution in [2.45, 2.75) is 0 Å². The van der Waals surface area contributed by atoms with Crippen molar-refractivity contribution in [3.63, 3.8) is 0 Å². The van der Waals surface area contributed by atoms with Crippen LogP contribution in [0, 0.1) is 5.82 Å². The van der Waals surface area contributed by atoms with E-state index in [1.54, 1.807) is 0 Å². The van der Waals surface area contributed by atoms with Crippen molar-refractivity contribution >= 4 is 17.6 Å². The maximum Gasteiger partial charge on any atom is 0.354 e. The van der Waals surface area contributed by atoms with Gasteiger partial charge in [-0.15, -0.1) is 0 Å². The molecule has 0 fully saturated rings. The minimum atomic E-state index is -1.32. The van der Waals surface area contributed by atoms with E-state index in [1.807, 2.05) is 0 Å². The SMILES string of the molecule is [2H]c1c([2H])c(OC(=O)C(=C)Cl)c([2H])c([2H])c1F. The smallest absolute Gasteiger partial charge is 0.354 e. The highest BCUT2D eigenvalue weighted by Gasteiger charge is 2.06. The molecule has 0 atom stereocenters. The lowest BCUT2D eigenvalue weighted by Gasteiger charge is -2.01. The number of carbonyl (C=O) groups is 1. The highest BCUT2D eigenvalue weighted by Crippen LogP contribution is 2.13. The van der Waals surface area contributed by atoms with Crippen molar-refractivity contribution in [3.05, 3.63) is 41.6 Å². The molecule has 0 aliphatic rings. The van der Waals surface area contributed by atoms with Crippen molar-refractivity contribution in [1.82, 2.24) is 0 Å². The zero-order valence-electron chi connectivity index (χ0n) is 10.3. The van der Waals surface area contributed by atoms with Gasteiger partial charge >= 0.3 is 5.97 Å². The Labute approximate surface area is 85.2 Å². The molecule has 0 amide bonds. The first-order chi connectivity index (χ1) is 7.77. The molecule has 13 heavy (non-hydrogen) atoms. The quantitative estimate of drug-likeness (QED) is 0.420. The van der Waals surface area contributed by atoms with Gasteiger partial charge in [-0.2, -0.15) is 0 Å². The second-order valence-electron chi connectivity index (χ2n) is 1.94. The average Bonchev–Trinajstić information content (AvgIpc) is 2.29. The van der Waals surface area contributed by atoms with Gasteiger partial charge in [-0.3, -0.25) is 0 Å². The third-order valence-electron chi connectivity index (χ3n) is 0.988. The number of benzene rings is 1. The Hall–Kier alpha value is -1.35. The summed E-state index contributed by atoms with van der Waals surface area (Å²) < 4.78 is 46.6. The van der Waals surface area contributed by atoms with Crippen LogP contribution in [0.3, 0.4) is 0 Å². The van der Waals surface area contributed by atoms with Crippen molar-refractivity contribution in [3.8, 4) is 5.75 Å². The van der Waals surface area contributed by atoms with Crippen LogP contribution in [0.4, 0.5) is 4.39 Å². The van der Waals surface area contributed by atoms with Gasteiger partial charge in [-0.05, 0) is 24.2 Å². The fraction of sp³-hybridized carbons (Fsp3) is 0. The molecule has 0 unspecified atom stereocenters. The maximum atomic E-state index is 13.1. The van der Waals surface area contributed by atoms with E-state index in [0.29, 0.717) is 0 Å². The van der Waals surface area contributed by atoms with Gasteiger partial charge in [0.15, 0.2) is 0 Å². The van der Waals surface area contributed by atoms with Gasteiger partial charge in [0.25, 0.3) is 0 Å². The molecule has 0 saturated heterocycles. The summed E-state index contributed by atoms with van der Waals surface area (Å²) in [6.07, 6.45) is 0. The molecule has 68 valence electrons. The van der Waals surface area contributed by atoms with Gasteiger partial charge in [-0.25, -0.2) is 9.18 Å². The van der Waals surface area contributed by atoms with Gasteiger partial charge in [0, 0.05) is 0 Å². The highest BCUT2D eigenvalue weighted by atomic mass is 35.5. The Bertz CT molecular complexity index is 489. The fourth-order valence-corrected chi connectivity index (χ4v) is 0.523. The molecule has 0 radical (unpaired) electrons. The number of esters is 1. The lowest BCUT2D eigenvalue weighted by Crippen LogP contribution is -2.06. The molecular formula is C9H6ClFO2. The second kappa shape index (κ2) is 4.05. The Balaban J connectivity index is 3.35. The number of hydrogen-bond acceptors (Lipinski definition) is 2. The molecule has 0 aromatic heterocycles. The van der Waals surface area contributed by atoms with Crippen molar-refractivity contribution in [2.24, 2.45) is 0 Å². The summed E-state index contributed by atoms with van der Waals surface area (Å²) in [7, 11) is 0. The molecule has 1 aromatic carbocycles. The van der Waals surface area contributed by atoms with E-state index in [2.05, 4.69) is 11.3 Å². The number of rotatable bonds is 2. The zero-order chi connectivity index (χ0) is 13.3. The van der Waals surface area contributed by atoms with Crippen LogP contribution >= 0.6 is 11.6 Å². The first-order valence-electron chi connectivity index (χ1n) is 5.09. The Kier molecular flexibility index (Phi) is 1.68. The third kappa shape index (κ3) is 2.87. The van der Waals surface area contributed by atoms with E-state index < -0.39 is 46.7 Å². The van der Waals surface area contributed by atoms with Crippen LogP contribution < -0.4 is 4.74 Å². The summed E-state index contributed by atoms with van der Waals surface area (Å²) in [5, 5.41) is -0.494. The Morgan fingerprint density at radius 3 is 2.54 bits per heavy atom. The van der Waals surface area contributed by atoms with Gasteiger partial charge in [0.05, 0.1) is 5.48 Å². The van der Waals surface area contributed by atoms with E-state index in [0.717, 1.165) is 0 Å². The molecule has 1 aromatic rings. The van der Waals surface area contributed by atoms with Gasteiger partial charge < -0.3 is 4.74 Å². The molecule has 4 heteroatoms. The molecule has 1 rings (SSSR count). The summed E-state index contributed by atoms with van der Waals surface area (Å²) in [6, 6.07) is -3.44. The molecule has 0 spiro atoms. The number of hydrogen-bond donors (Lipinski definition) is 0. The molecule has 0 aliphatic carbocycles.